The van der Waals surface area contributed by atoms with Gasteiger partial charge in [0.1, 0.15) is 5.70 Å². The van der Waals surface area contributed by atoms with Gasteiger partial charge < -0.3 is 9.80 Å². The van der Waals surface area contributed by atoms with E-state index in [-0.39, 0.29) is 18.4 Å². The molecule has 0 aliphatic carbocycles. The Balaban J connectivity index is 1.73. The van der Waals surface area contributed by atoms with Crippen molar-refractivity contribution in [3.05, 3.63) is 70.7 Å². The SMILES string of the molecule is CCN1CCN(C2=C(c3ccc(C)c(C)c3)C(=O)N(Cc3ccncc3)C2=O)CC1. The van der Waals surface area contributed by atoms with Crippen LogP contribution in [0.4, 0.5) is 0 Å². The van der Waals surface area contributed by atoms with Crippen LogP contribution in [-0.2, 0) is 16.1 Å². The van der Waals surface area contributed by atoms with Gasteiger partial charge in [0.05, 0.1) is 12.1 Å². The normalized spacial score (nSPS) is 18.0. The van der Waals surface area contributed by atoms with E-state index in [2.05, 4.69) is 28.6 Å². The number of hydrogen-bond acceptors (Lipinski definition) is 5. The van der Waals surface area contributed by atoms with Crippen LogP contribution in [-0.4, -0.2) is 64.2 Å². The number of hydrogen-bond donors (Lipinski definition) is 0. The molecule has 1 saturated heterocycles. The monoisotopic (exact) mass is 404 g/mol. The molecule has 1 fully saturated rings. The Morgan fingerprint density at radius 1 is 0.900 bits per heavy atom. The zero-order chi connectivity index (χ0) is 21.3. The summed E-state index contributed by atoms with van der Waals surface area (Å²) in [5, 5.41) is 0. The Kier molecular flexibility index (Phi) is 5.68. The van der Waals surface area contributed by atoms with Crippen LogP contribution in [0.3, 0.4) is 0 Å². The van der Waals surface area contributed by atoms with Crippen LogP contribution in [0.1, 0.15) is 29.2 Å². The largest absolute Gasteiger partial charge is 0.364 e. The minimum Gasteiger partial charge on any atom is -0.364 e. The lowest BCUT2D eigenvalue weighted by molar-refractivity contribution is -0.138. The summed E-state index contributed by atoms with van der Waals surface area (Å²) in [4.78, 5) is 36.8. The van der Waals surface area contributed by atoms with Crippen LogP contribution >= 0.6 is 0 Å². The zero-order valence-corrected chi connectivity index (χ0v) is 17.9. The molecule has 1 aromatic heterocycles. The molecule has 30 heavy (non-hydrogen) atoms. The van der Waals surface area contributed by atoms with E-state index >= 15 is 0 Å². The van der Waals surface area contributed by atoms with Gasteiger partial charge in [-0.1, -0.05) is 25.1 Å². The first kappa shape index (κ1) is 20.3. The molecular weight excluding hydrogens is 376 g/mol. The molecule has 0 radical (unpaired) electrons. The predicted molar refractivity (Wildman–Crippen MR) is 116 cm³/mol. The maximum absolute atomic E-state index is 13.5. The highest BCUT2D eigenvalue weighted by Gasteiger charge is 2.42. The van der Waals surface area contributed by atoms with Gasteiger partial charge in [-0.25, -0.2) is 0 Å². The van der Waals surface area contributed by atoms with E-state index in [4.69, 9.17) is 0 Å². The van der Waals surface area contributed by atoms with Crippen molar-refractivity contribution < 1.29 is 9.59 Å². The van der Waals surface area contributed by atoms with E-state index in [0.29, 0.717) is 11.3 Å². The first-order chi connectivity index (χ1) is 14.5. The number of carbonyl (C=O) groups is 2. The fourth-order valence-corrected chi connectivity index (χ4v) is 4.12. The third-order valence-corrected chi connectivity index (χ3v) is 6.16. The zero-order valence-electron chi connectivity index (χ0n) is 17.9. The van der Waals surface area contributed by atoms with E-state index in [0.717, 1.165) is 49.4 Å². The summed E-state index contributed by atoms with van der Waals surface area (Å²) < 4.78 is 0. The van der Waals surface area contributed by atoms with Crippen molar-refractivity contribution in [2.24, 2.45) is 0 Å². The average Bonchev–Trinajstić information content (AvgIpc) is 3.01. The topological polar surface area (TPSA) is 56.8 Å². The van der Waals surface area contributed by atoms with Crippen LogP contribution < -0.4 is 0 Å². The highest BCUT2D eigenvalue weighted by molar-refractivity contribution is 6.35. The first-order valence-electron chi connectivity index (χ1n) is 10.5. The second-order valence-corrected chi connectivity index (χ2v) is 8.00. The number of pyridine rings is 1. The van der Waals surface area contributed by atoms with Crippen molar-refractivity contribution in [2.75, 3.05) is 32.7 Å². The van der Waals surface area contributed by atoms with Crippen molar-refractivity contribution in [1.82, 2.24) is 19.7 Å². The van der Waals surface area contributed by atoms with Gasteiger partial charge in [-0.15, -0.1) is 0 Å². The lowest BCUT2D eigenvalue weighted by atomic mass is 9.99. The Labute approximate surface area is 177 Å². The summed E-state index contributed by atoms with van der Waals surface area (Å²) in [5.41, 5.74) is 5.07. The predicted octanol–water partition coefficient (Wildman–Crippen LogP) is 2.62. The van der Waals surface area contributed by atoms with Gasteiger partial charge in [0.15, 0.2) is 0 Å². The molecule has 2 aromatic rings. The molecule has 2 aliphatic heterocycles. The number of rotatable bonds is 5. The molecule has 4 rings (SSSR count). The number of imide groups is 1. The second kappa shape index (κ2) is 8.40. The van der Waals surface area contributed by atoms with Crippen LogP contribution in [0.15, 0.2) is 48.4 Å². The van der Waals surface area contributed by atoms with Gasteiger partial charge in [0.2, 0.25) is 0 Å². The summed E-state index contributed by atoms with van der Waals surface area (Å²) >= 11 is 0. The molecule has 3 heterocycles. The van der Waals surface area contributed by atoms with E-state index in [1.165, 1.54) is 10.5 Å². The molecule has 0 N–H and O–H groups in total. The maximum atomic E-state index is 13.5. The number of carbonyl (C=O) groups excluding carboxylic acids is 2. The number of piperazine rings is 1. The van der Waals surface area contributed by atoms with E-state index < -0.39 is 0 Å². The number of aromatic nitrogens is 1. The van der Waals surface area contributed by atoms with Crippen molar-refractivity contribution in [3.63, 3.8) is 0 Å². The first-order valence-corrected chi connectivity index (χ1v) is 10.5. The van der Waals surface area contributed by atoms with Crippen molar-refractivity contribution in [1.29, 1.82) is 0 Å². The standard InChI is InChI=1S/C24H28N4O2/c1-4-26-11-13-27(14-12-26)22-21(20-6-5-17(2)18(3)15-20)23(29)28(24(22)30)16-19-7-9-25-10-8-19/h5-10,15H,4,11-14,16H2,1-3H3. The van der Waals surface area contributed by atoms with Gasteiger partial charge in [-0.05, 0) is 54.8 Å². The fourth-order valence-electron chi connectivity index (χ4n) is 4.12. The minimum absolute atomic E-state index is 0.199. The fraction of sp³-hybridized carbons (Fsp3) is 0.375. The summed E-state index contributed by atoms with van der Waals surface area (Å²) in [7, 11) is 0. The molecular formula is C24H28N4O2. The van der Waals surface area contributed by atoms with Crippen LogP contribution in [0, 0.1) is 13.8 Å². The smallest absolute Gasteiger partial charge is 0.278 e. The third-order valence-electron chi connectivity index (χ3n) is 6.16. The van der Waals surface area contributed by atoms with E-state index in [9.17, 15) is 9.59 Å². The number of benzene rings is 1. The summed E-state index contributed by atoms with van der Waals surface area (Å²) in [6, 6.07) is 9.69. The van der Waals surface area contributed by atoms with Gasteiger partial charge in [0, 0.05) is 38.6 Å². The number of nitrogens with zero attached hydrogens (tertiary/aromatic N) is 4. The van der Waals surface area contributed by atoms with Crippen molar-refractivity contribution in [3.8, 4) is 0 Å². The summed E-state index contributed by atoms with van der Waals surface area (Å²) in [6.07, 6.45) is 3.37. The molecule has 6 heteroatoms. The van der Waals surface area contributed by atoms with Gasteiger partial charge in [0.25, 0.3) is 11.8 Å². The van der Waals surface area contributed by atoms with Crippen LogP contribution in [0.5, 0.6) is 0 Å². The number of aryl methyl sites for hydroxylation is 2. The van der Waals surface area contributed by atoms with E-state index in [1.807, 2.05) is 37.3 Å². The van der Waals surface area contributed by atoms with Crippen molar-refractivity contribution in [2.45, 2.75) is 27.3 Å². The Bertz CT molecular complexity index is 992. The second-order valence-electron chi connectivity index (χ2n) is 8.00. The Hall–Kier alpha value is -2.99. The highest BCUT2D eigenvalue weighted by Crippen LogP contribution is 2.33. The lowest BCUT2D eigenvalue weighted by Gasteiger charge is -2.36. The molecule has 6 nitrogen and oxygen atoms in total. The average molecular weight is 405 g/mol. The van der Waals surface area contributed by atoms with Crippen LogP contribution in [0.25, 0.3) is 5.57 Å². The van der Waals surface area contributed by atoms with Crippen LogP contribution in [0.2, 0.25) is 0 Å². The molecule has 1 aromatic carbocycles. The summed E-state index contributed by atoms with van der Waals surface area (Å²) in [5.74, 6) is -0.414. The molecule has 0 atom stereocenters. The maximum Gasteiger partial charge on any atom is 0.278 e. The number of likely N-dealkylation sites (N-methyl/N-ethyl adjacent to an activating group) is 1. The minimum atomic E-state index is -0.215. The Morgan fingerprint density at radius 2 is 1.60 bits per heavy atom. The van der Waals surface area contributed by atoms with Crippen molar-refractivity contribution >= 4 is 17.4 Å². The van der Waals surface area contributed by atoms with Gasteiger partial charge in [-0.3, -0.25) is 19.5 Å². The summed E-state index contributed by atoms with van der Waals surface area (Å²) in [6.45, 7) is 10.8. The molecule has 2 aliphatic rings. The van der Waals surface area contributed by atoms with Gasteiger partial charge in [-0.2, -0.15) is 0 Å². The van der Waals surface area contributed by atoms with Gasteiger partial charge >= 0.3 is 0 Å². The van der Waals surface area contributed by atoms with E-state index in [1.54, 1.807) is 12.4 Å². The molecule has 0 saturated carbocycles. The quantitative estimate of drug-likeness (QED) is 0.717. The third kappa shape index (κ3) is 3.75. The molecule has 2 amide bonds. The molecule has 0 unspecified atom stereocenters. The number of amides is 2. The highest BCUT2D eigenvalue weighted by atomic mass is 16.2. The molecule has 0 spiro atoms. The molecule has 156 valence electrons. The lowest BCUT2D eigenvalue weighted by Crippen LogP contribution is -2.47. The Morgan fingerprint density at radius 3 is 2.23 bits per heavy atom. The molecule has 0 bridgehead atoms.